The summed E-state index contributed by atoms with van der Waals surface area (Å²) in [5, 5.41) is 18.7. The molecule has 0 aromatic heterocycles. The minimum absolute atomic E-state index is 0.144. The molecule has 0 radical (unpaired) electrons. The average Bonchev–Trinajstić information content (AvgIpc) is 2.15. The summed E-state index contributed by atoms with van der Waals surface area (Å²) in [6.45, 7) is 1.99. The lowest BCUT2D eigenvalue weighted by Gasteiger charge is -2.14. The molecule has 1 unspecified atom stereocenters. The second-order valence-electron chi connectivity index (χ2n) is 3.09. The van der Waals surface area contributed by atoms with Gasteiger partial charge in [-0.05, 0) is 28.4 Å². The van der Waals surface area contributed by atoms with Gasteiger partial charge in [0.05, 0.1) is 4.47 Å². The summed E-state index contributed by atoms with van der Waals surface area (Å²) in [7, 11) is 0. The number of nitrogens with two attached hydrogens (primary N) is 1. The van der Waals surface area contributed by atoms with Gasteiger partial charge in [0.1, 0.15) is 5.82 Å². The number of rotatable bonds is 2. The van der Waals surface area contributed by atoms with Gasteiger partial charge in [0.25, 0.3) is 0 Å². The van der Waals surface area contributed by atoms with Crippen LogP contribution >= 0.6 is 15.9 Å². The van der Waals surface area contributed by atoms with Crippen LogP contribution in [0, 0.1) is 5.82 Å². The van der Waals surface area contributed by atoms with Gasteiger partial charge in [0.2, 0.25) is 0 Å². The van der Waals surface area contributed by atoms with Crippen LogP contribution in [0.4, 0.5) is 4.39 Å². The van der Waals surface area contributed by atoms with Crippen molar-refractivity contribution in [3.63, 3.8) is 0 Å². The molecule has 14 heavy (non-hydrogen) atoms. The van der Waals surface area contributed by atoms with E-state index >= 15 is 0 Å². The highest BCUT2D eigenvalue weighted by Crippen LogP contribution is 2.40. The van der Waals surface area contributed by atoms with Crippen molar-refractivity contribution >= 4 is 15.9 Å². The van der Waals surface area contributed by atoms with Crippen molar-refractivity contribution in [3.05, 3.63) is 21.9 Å². The van der Waals surface area contributed by atoms with Crippen molar-refractivity contribution in [1.82, 2.24) is 0 Å². The van der Waals surface area contributed by atoms with E-state index in [4.69, 9.17) is 5.73 Å². The smallest absolute Gasteiger partial charge is 0.162 e. The zero-order valence-corrected chi connectivity index (χ0v) is 9.18. The highest BCUT2D eigenvalue weighted by molar-refractivity contribution is 9.10. The largest absolute Gasteiger partial charge is 0.504 e. The summed E-state index contributed by atoms with van der Waals surface area (Å²) in [5.74, 6) is -1.64. The standard InChI is InChI=1S/C9H11BrFNO2/c1-4(3-12)7-8(10)5(11)2-6(13)9(7)14/h2,4,13-14H,3,12H2,1H3. The fourth-order valence-corrected chi connectivity index (χ4v) is 1.88. The number of halogens is 2. The third kappa shape index (κ3) is 1.83. The Morgan fingerprint density at radius 1 is 1.57 bits per heavy atom. The number of phenols is 2. The van der Waals surface area contributed by atoms with Crippen LogP contribution in [0.5, 0.6) is 11.5 Å². The molecule has 0 spiro atoms. The highest BCUT2D eigenvalue weighted by Gasteiger charge is 2.19. The zero-order chi connectivity index (χ0) is 10.9. The fraction of sp³-hybridized carbons (Fsp3) is 0.333. The molecule has 0 aliphatic rings. The van der Waals surface area contributed by atoms with Gasteiger partial charge in [0, 0.05) is 11.6 Å². The van der Waals surface area contributed by atoms with Crippen molar-refractivity contribution in [2.75, 3.05) is 6.54 Å². The van der Waals surface area contributed by atoms with E-state index < -0.39 is 11.6 Å². The molecule has 1 aromatic rings. The van der Waals surface area contributed by atoms with Crippen LogP contribution in [0.1, 0.15) is 18.4 Å². The second kappa shape index (κ2) is 4.14. The quantitative estimate of drug-likeness (QED) is 0.716. The molecule has 0 heterocycles. The van der Waals surface area contributed by atoms with E-state index in [2.05, 4.69) is 15.9 Å². The average molecular weight is 264 g/mol. The molecule has 1 aromatic carbocycles. The molecule has 0 saturated heterocycles. The molecule has 0 bridgehead atoms. The van der Waals surface area contributed by atoms with Crippen LogP contribution in [-0.2, 0) is 0 Å². The summed E-state index contributed by atoms with van der Waals surface area (Å²) >= 11 is 3.00. The molecule has 0 aliphatic carbocycles. The minimum atomic E-state index is -0.615. The van der Waals surface area contributed by atoms with E-state index in [0.717, 1.165) is 6.07 Å². The number of benzene rings is 1. The maximum absolute atomic E-state index is 13.2. The second-order valence-corrected chi connectivity index (χ2v) is 3.88. The topological polar surface area (TPSA) is 66.5 Å². The summed E-state index contributed by atoms with van der Waals surface area (Å²) in [6, 6.07) is 0.853. The molecule has 3 nitrogen and oxygen atoms in total. The van der Waals surface area contributed by atoms with Crippen LogP contribution in [0.25, 0.3) is 0 Å². The van der Waals surface area contributed by atoms with E-state index in [-0.39, 0.29) is 22.7 Å². The third-order valence-corrected chi connectivity index (χ3v) is 2.86. The first-order chi connectivity index (χ1) is 6.49. The predicted molar refractivity (Wildman–Crippen MR) is 54.9 cm³/mol. The third-order valence-electron chi connectivity index (χ3n) is 2.05. The molecule has 1 atom stereocenters. The van der Waals surface area contributed by atoms with Crippen molar-refractivity contribution in [2.45, 2.75) is 12.8 Å². The summed E-state index contributed by atoms with van der Waals surface area (Å²) in [5.41, 5.74) is 5.70. The lowest BCUT2D eigenvalue weighted by atomic mass is 10.00. The maximum Gasteiger partial charge on any atom is 0.162 e. The molecular weight excluding hydrogens is 253 g/mol. The van der Waals surface area contributed by atoms with Gasteiger partial charge in [0.15, 0.2) is 11.5 Å². The predicted octanol–water partition coefficient (Wildman–Crippen LogP) is 2.06. The normalized spacial score (nSPS) is 12.9. The van der Waals surface area contributed by atoms with E-state index in [9.17, 15) is 14.6 Å². The Bertz CT molecular complexity index is 331. The lowest BCUT2D eigenvalue weighted by molar-refractivity contribution is 0.391. The number of hydrogen-bond acceptors (Lipinski definition) is 3. The summed E-state index contributed by atoms with van der Waals surface area (Å²) in [6.07, 6.45) is 0. The minimum Gasteiger partial charge on any atom is -0.504 e. The molecule has 1 rings (SSSR count). The maximum atomic E-state index is 13.2. The van der Waals surface area contributed by atoms with E-state index in [1.54, 1.807) is 6.92 Å². The Hall–Kier alpha value is -0.810. The fourth-order valence-electron chi connectivity index (χ4n) is 1.19. The number of hydrogen-bond donors (Lipinski definition) is 3. The van der Waals surface area contributed by atoms with E-state index in [1.165, 1.54) is 0 Å². The van der Waals surface area contributed by atoms with Crippen molar-refractivity contribution in [2.24, 2.45) is 5.73 Å². The van der Waals surface area contributed by atoms with Crippen LogP contribution < -0.4 is 5.73 Å². The monoisotopic (exact) mass is 263 g/mol. The van der Waals surface area contributed by atoms with Gasteiger partial charge in [-0.1, -0.05) is 6.92 Å². The van der Waals surface area contributed by atoms with Gasteiger partial charge in [-0.2, -0.15) is 0 Å². The molecule has 0 aliphatic heterocycles. The Balaban J connectivity index is 3.39. The van der Waals surface area contributed by atoms with Crippen molar-refractivity contribution in [1.29, 1.82) is 0 Å². The Morgan fingerprint density at radius 3 is 2.64 bits per heavy atom. The number of phenolic OH excluding ortho intramolecular Hbond substituents is 2. The van der Waals surface area contributed by atoms with Crippen LogP contribution in [0.3, 0.4) is 0 Å². The SMILES string of the molecule is CC(CN)c1c(O)c(O)cc(F)c1Br. The Morgan fingerprint density at radius 2 is 2.14 bits per heavy atom. The van der Waals surface area contributed by atoms with Crippen molar-refractivity contribution in [3.8, 4) is 11.5 Å². The lowest BCUT2D eigenvalue weighted by Crippen LogP contribution is -2.10. The first kappa shape index (κ1) is 11.3. The molecule has 5 heteroatoms. The van der Waals surface area contributed by atoms with Gasteiger partial charge in [-0.15, -0.1) is 0 Å². The molecule has 78 valence electrons. The van der Waals surface area contributed by atoms with Gasteiger partial charge in [-0.25, -0.2) is 4.39 Å². The zero-order valence-electron chi connectivity index (χ0n) is 7.59. The summed E-state index contributed by atoms with van der Waals surface area (Å²) in [4.78, 5) is 0. The van der Waals surface area contributed by atoms with Crippen LogP contribution in [0.15, 0.2) is 10.5 Å². The van der Waals surface area contributed by atoms with Crippen molar-refractivity contribution < 1.29 is 14.6 Å². The first-order valence-corrected chi connectivity index (χ1v) is 4.88. The molecular formula is C9H11BrFNO2. The molecule has 0 fully saturated rings. The van der Waals surface area contributed by atoms with Gasteiger partial charge < -0.3 is 15.9 Å². The Kier molecular flexibility index (Phi) is 3.34. The van der Waals surface area contributed by atoms with E-state index in [0.29, 0.717) is 5.56 Å². The molecule has 0 amide bonds. The first-order valence-electron chi connectivity index (χ1n) is 4.09. The molecule has 4 N–H and O–H groups in total. The van der Waals surface area contributed by atoms with Crippen LogP contribution in [-0.4, -0.2) is 16.8 Å². The van der Waals surface area contributed by atoms with Gasteiger partial charge in [-0.3, -0.25) is 0 Å². The van der Waals surface area contributed by atoms with Gasteiger partial charge >= 0.3 is 0 Å². The van der Waals surface area contributed by atoms with E-state index in [1.807, 2.05) is 0 Å². The highest BCUT2D eigenvalue weighted by atomic mass is 79.9. The summed E-state index contributed by atoms with van der Waals surface area (Å²) < 4.78 is 13.3. The van der Waals surface area contributed by atoms with Crippen LogP contribution in [0.2, 0.25) is 0 Å². The molecule has 0 saturated carbocycles. The Labute approximate surface area is 89.5 Å². The number of aromatic hydroxyl groups is 2.